The molecule has 0 bridgehead atoms. The van der Waals surface area contributed by atoms with Gasteiger partial charge in [0.2, 0.25) is 0 Å². The fraction of sp³-hybridized carbons (Fsp3) is 0.667. The van der Waals surface area contributed by atoms with Crippen molar-refractivity contribution < 1.29 is 14.9 Å². The predicted molar refractivity (Wildman–Crippen MR) is 67.2 cm³/mol. The summed E-state index contributed by atoms with van der Waals surface area (Å²) in [6, 6.07) is -0.340. The van der Waals surface area contributed by atoms with Gasteiger partial charge in [-0.2, -0.15) is 0 Å². The molecule has 19 heavy (non-hydrogen) atoms. The lowest BCUT2D eigenvalue weighted by molar-refractivity contribution is -0.113. The van der Waals surface area contributed by atoms with Crippen LogP contribution in [0.15, 0.2) is 15.8 Å². The van der Waals surface area contributed by atoms with E-state index in [4.69, 9.17) is 9.84 Å². The summed E-state index contributed by atoms with van der Waals surface area (Å²) in [5, 5.41) is 18.8. The molecule has 1 aliphatic rings. The van der Waals surface area contributed by atoms with Crippen LogP contribution in [0.3, 0.4) is 0 Å². The summed E-state index contributed by atoms with van der Waals surface area (Å²) in [5.41, 5.74) is -0.377. The van der Waals surface area contributed by atoms with Crippen molar-refractivity contribution in [2.75, 3.05) is 13.2 Å². The molecule has 3 N–H and O–H groups in total. The topological polar surface area (TPSA) is 105 Å². The number of nitrogens with zero attached hydrogens (tertiary/aromatic N) is 1. The molecule has 1 aliphatic heterocycles. The molecule has 106 valence electrons. The highest BCUT2D eigenvalue weighted by atomic mass is 16.5. The molecule has 2 heterocycles. The van der Waals surface area contributed by atoms with Gasteiger partial charge in [0.1, 0.15) is 6.10 Å². The molecular weight excluding hydrogens is 252 g/mol. The number of hydrogen-bond acceptors (Lipinski definition) is 5. The van der Waals surface area contributed by atoms with E-state index in [-0.39, 0.29) is 24.8 Å². The Bertz CT molecular complexity index is 550. The highest BCUT2D eigenvalue weighted by molar-refractivity contribution is 5.05. The highest BCUT2D eigenvalue weighted by Crippen LogP contribution is 2.22. The van der Waals surface area contributed by atoms with Gasteiger partial charge in [-0.3, -0.25) is 14.3 Å². The summed E-state index contributed by atoms with van der Waals surface area (Å²) in [7, 11) is 0. The van der Waals surface area contributed by atoms with Crippen molar-refractivity contribution in [3.63, 3.8) is 0 Å². The predicted octanol–water partition coefficient (Wildman–Crippen LogP) is -1.22. The van der Waals surface area contributed by atoms with E-state index < -0.39 is 17.9 Å². The molecule has 3 atom stereocenters. The van der Waals surface area contributed by atoms with E-state index in [1.54, 1.807) is 0 Å². The van der Waals surface area contributed by atoms with E-state index in [0.717, 1.165) is 0 Å². The molecule has 0 radical (unpaired) electrons. The zero-order valence-electron chi connectivity index (χ0n) is 10.7. The summed E-state index contributed by atoms with van der Waals surface area (Å²) in [5.74, 6) is 0. The largest absolute Gasteiger partial charge is 0.394 e. The first kappa shape index (κ1) is 14.0. The Morgan fingerprint density at radius 2 is 2.26 bits per heavy atom. The maximum atomic E-state index is 11.8. The van der Waals surface area contributed by atoms with Crippen LogP contribution in [0.25, 0.3) is 0 Å². The SMILES string of the molecule is CCc1cn([C@@H]2CO[C@H](CO)[C@@H](O)C2)c(=O)[nH]c1=O. The standard InChI is InChI=1S/C12H18N2O5/c1-2-7-4-14(12(18)13-11(7)17)8-3-9(16)10(5-15)19-6-8/h4,8-10,15-16H,2-3,5-6H2,1H3,(H,13,17,18)/t8-,9-,10+/m0/s1. The average Bonchev–Trinajstić information content (AvgIpc) is 2.39. The summed E-state index contributed by atoms with van der Waals surface area (Å²) >= 11 is 0. The van der Waals surface area contributed by atoms with Crippen molar-refractivity contribution in [2.24, 2.45) is 0 Å². The molecular formula is C12H18N2O5. The normalized spacial score (nSPS) is 27.4. The number of H-pyrrole nitrogens is 1. The van der Waals surface area contributed by atoms with Gasteiger partial charge in [0.15, 0.2) is 0 Å². The lowest BCUT2D eigenvalue weighted by atomic mass is 10.0. The van der Waals surface area contributed by atoms with E-state index in [1.807, 2.05) is 6.92 Å². The summed E-state index contributed by atoms with van der Waals surface area (Å²) in [6.07, 6.45) is 0.903. The molecule has 0 aromatic carbocycles. The number of nitrogens with one attached hydrogen (secondary N) is 1. The van der Waals surface area contributed by atoms with E-state index in [9.17, 15) is 14.7 Å². The number of hydrogen-bond donors (Lipinski definition) is 3. The van der Waals surface area contributed by atoms with Crippen molar-refractivity contribution in [3.8, 4) is 0 Å². The Hall–Kier alpha value is -1.44. The van der Waals surface area contributed by atoms with Gasteiger partial charge >= 0.3 is 5.69 Å². The second-order valence-electron chi connectivity index (χ2n) is 4.69. The van der Waals surface area contributed by atoms with Crippen LogP contribution in [0.1, 0.15) is 24.9 Å². The summed E-state index contributed by atoms with van der Waals surface area (Å²) in [4.78, 5) is 25.5. The highest BCUT2D eigenvalue weighted by Gasteiger charge is 2.31. The van der Waals surface area contributed by atoms with Gasteiger partial charge in [0.25, 0.3) is 5.56 Å². The molecule has 0 aliphatic carbocycles. The van der Waals surface area contributed by atoms with Crippen LogP contribution >= 0.6 is 0 Å². The maximum absolute atomic E-state index is 11.8. The molecule has 0 spiro atoms. The number of aromatic nitrogens is 2. The summed E-state index contributed by atoms with van der Waals surface area (Å²) < 4.78 is 6.70. The van der Waals surface area contributed by atoms with Crippen molar-refractivity contribution >= 4 is 0 Å². The first-order chi connectivity index (χ1) is 9.06. The third-order valence-corrected chi connectivity index (χ3v) is 3.44. The molecule has 1 aromatic rings. The van der Waals surface area contributed by atoms with Crippen LogP contribution < -0.4 is 11.2 Å². The number of rotatable bonds is 3. The van der Waals surface area contributed by atoms with E-state index in [0.29, 0.717) is 18.4 Å². The van der Waals surface area contributed by atoms with Gasteiger partial charge in [-0.1, -0.05) is 6.92 Å². The molecule has 0 amide bonds. The van der Waals surface area contributed by atoms with Crippen LogP contribution in [0.4, 0.5) is 0 Å². The molecule has 2 rings (SSSR count). The third kappa shape index (κ3) is 2.78. The van der Waals surface area contributed by atoms with Gasteiger partial charge in [-0.15, -0.1) is 0 Å². The lowest BCUT2D eigenvalue weighted by Crippen LogP contribution is -2.45. The number of aryl methyl sites for hydroxylation is 1. The lowest BCUT2D eigenvalue weighted by Gasteiger charge is -2.33. The van der Waals surface area contributed by atoms with Crippen LogP contribution in [-0.2, 0) is 11.2 Å². The smallest absolute Gasteiger partial charge is 0.328 e. The average molecular weight is 270 g/mol. The zero-order valence-corrected chi connectivity index (χ0v) is 10.7. The van der Waals surface area contributed by atoms with Gasteiger partial charge < -0.3 is 14.9 Å². The fourth-order valence-electron chi connectivity index (χ4n) is 2.26. The first-order valence-corrected chi connectivity index (χ1v) is 6.31. The van der Waals surface area contributed by atoms with Gasteiger partial charge in [0.05, 0.1) is 25.4 Å². The molecule has 7 heteroatoms. The zero-order chi connectivity index (χ0) is 14.0. The van der Waals surface area contributed by atoms with Crippen molar-refractivity contribution in [3.05, 3.63) is 32.6 Å². The van der Waals surface area contributed by atoms with Gasteiger partial charge in [-0.05, 0) is 12.8 Å². The number of aliphatic hydroxyl groups excluding tert-OH is 2. The van der Waals surface area contributed by atoms with Crippen molar-refractivity contribution in [1.29, 1.82) is 0 Å². The minimum absolute atomic E-state index is 0.220. The minimum Gasteiger partial charge on any atom is -0.394 e. The van der Waals surface area contributed by atoms with Gasteiger partial charge in [0, 0.05) is 11.8 Å². The quantitative estimate of drug-likeness (QED) is 0.639. The van der Waals surface area contributed by atoms with E-state index in [2.05, 4.69) is 4.98 Å². The molecule has 0 unspecified atom stereocenters. The van der Waals surface area contributed by atoms with Crippen LogP contribution in [0.5, 0.6) is 0 Å². The maximum Gasteiger partial charge on any atom is 0.328 e. The van der Waals surface area contributed by atoms with Gasteiger partial charge in [-0.25, -0.2) is 4.79 Å². The second-order valence-corrected chi connectivity index (χ2v) is 4.69. The monoisotopic (exact) mass is 270 g/mol. The van der Waals surface area contributed by atoms with Crippen LogP contribution in [-0.4, -0.2) is 45.2 Å². The minimum atomic E-state index is -0.826. The fourth-order valence-corrected chi connectivity index (χ4v) is 2.26. The van der Waals surface area contributed by atoms with E-state index in [1.165, 1.54) is 10.8 Å². The number of ether oxygens (including phenoxy) is 1. The molecule has 0 saturated carbocycles. The Morgan fingerprint density at radius 3 is 2.84 bits per heavy atom. The second kappa shape index (κ2) is 5.68. The first-order valence-electron chi connectivity index (χ1n) is 6.31. The Kier molecular flexibility index (Phi) is 4.18. The Morgan fingerprint density at radius 1 is 1.53 bits per heavy atom. The third-order valence-electron chi connectivity index (χ3n) is 3.44. The van der Waals surface area contributed by atoms with Crippen molar-refractivity contribution in [1.82, 2.24) is 9.55 Å². The molecule has 1 aromatic heterocycles. The van der Waals surface area contributed by atoms with E-state index >= 15 is 0 Å². The molecule has 1 fully saturated rings. The Balaban J connectivity index is 2.28. The van der Waals surface area contributed by atoms with Crippen LogP contribution in [0.2, 0.25) is 0 Å². The Labute approximate surface area is 109 Å². The number of aliphatic hydroxyl groups is 2. The number of aromatic amines is 1. The molecule has 7 nitrogen and oxygen atoms in total. The molecule has 1 saturated heterocycles. The van der Waals surface area contributed by atoms with Crippen molar-refractivity contribution in [2.45, 2.75) is 38.0 Å². The summed E-state index contributed by atoms with van der Waals surface area (Å²) in [6.45, 7) is 1.79. The van der Waals surface area contributed by atoms with Crippen LogP contribution in [0, 0.1) is 0 Å².